The number of carbonyl (C=O) groups is 1. The summed E-state index contributed by atoms with van der Waals surface area (Å²) in [7, 11) is 0. The minimum Gasteiger partial charge on any atom is -0.364 e. The van der Waals surface area contributed by atoms with Crippen LogP contribution in [0.25, 0.3) is 0 Å². The molecule has 1 aromatic heterocycles. The molecule has 1 saturated heterocycles. The highest BCUT2D eigenvalue weighted by Crippen LogP contribution is 2.20. The van der Waals surface area contributed by atoms with E-state index in [-0.39, 0.29) is 24.4 Å². The molecule has 2 heterocycles. The molecule has 0 saturated carbocycles. The van der Waals surface area contributed by atoms with Crippen LogP contribution < -0.4 is 10.5 Å². The second-order valence-electron chi connectivity index (χ2n) is 5.41. The van der Waals surface area contributed by atoms with E-state index >= 15 is 0 Å². The summed E-state index contributed by atoms with van der Waals surface area (Å²) in [4.78, 5) is 17.2. The van der Waals surface area contributed by atoms with Crippen molar-refractivity contribution in [1.82, 2.24) is 4.57 Å². The van der Waals surface area contributed by atoms with Crippen molar-refractivity contribution < 1.29 is 9.53 Å². The molecule has 2 N–H and O–H groups in total. The Morgan fingerprint density at radius 3 is 2.92 bits per heavy atom. The maximum Gasteiger partial charge on any atom is 0.277 e. The minimum absolute atomic E-state index is 0. The van der Waals surface area contributed by atoms with Gasteiger partial charge in [0.25, 0.3) is 5.91 Å². The number of nitrogens with two attached hydrogens (primary N) is 1. The smallest absolute Gasteiger partial charge is 0.277 e. The Hall–Kier alpha value is -1.18. The molecule has 1 amide bonds. The topological polar surface area (TPSA) is 69.6 Å². The van der Waals surface area contributed by atoms with Crippen molar-refractivity contribution in [3.63, 3.8) is 0 Å². The molecule has 0 aliphatic carbocycles. The number of carbonyl (C=O) groups excluding carboxylic acids is 1. The van der Waals surface area contributed by atoms with Crippen LogP contribution in [0.5, 0.6) is 0 Å². The Balaban J connectivity index is 0.00000208. The highest BCUT2D eigenvalue weighted by atomic mass is 35.5. The van der Waals surface area contributed by atoms with E-state index in [4.69, 9.17) is 22.1 Å². The van der Waals surface area contributed by atoms with Gasteiger partial charge in [0.1, 0.15) is 6.10 Å². The normalized spacial score (nSPS) is 20.8. The monoisotopic (exact) mass is 387 g/mol. The first-order valence-electron chi connectivity index (χ1n) is 7.49. The highest BCUT2D eigenvalue weighted by Gasteiger charge is 2.29. The van der Waals surface area contributed by atoms with E-state index in [9.17, 15) is 4.79 Å². The molecule has 0 bridgehead atoms. The van der Waals surface area contributed by atoms with E-state index in [0.717, 1.165) is 12.0 Å². The predicted octanol–water partition coefficient (Wildman–Crippen LogP) is 2.61. The van der Waals surface area contributed by atoms with E-state index in [1.165, 1.54) is 11.3 Å². The number of nitrogens with zero attached hydrogens (tertiary/aromatic N) is 2. The van der Waals surface area contributed by atoms with Crippen molar-refractivity contribution in [3.8, 4) is 0 Å². The molecular formula is C16H19Cl2N3O2S. The van der Waals surface area contributed by atoms with Gasteiger partial charge in [-0.05, 0) is 24.5 Å². The highest BCUT2D eigenvalue weighted by molar-refractivity contribution is 7.07. The van der Waals surface area contributed by atoms with Gasteiger partial charge in [0, 0.05) is 23.1 Å². The molecule has 130 valence electrons. The average Bonchev–Trinajstić information content (AvgIpc) is 3.19. The summed E-state index contributed by atoms with van der Waals surface area (Å²) in [6, 6.07) is 7.65. The van der Waals surface area contributed by atoms with Crippen molar-refractivity contribution in [2.24, 2.45) is 10.7 Å². The van der Waals surface area contributed by atoms with Crippen LogP contribution in [-0.2, 0) is 16.1 Å². The minimum atomic E-state index is -0.473. The number of hydrogen-bond donors (Lipinski definition) is 1. The molecule has 0 spiro atoms. The van der Waals surface area contributed by atoms with Gasteiger partial charge < -0.3 is 15.0 Å². The molecule has 1 fully saturated rings. The fourth-order valence-electron chi connectivity index (χ4n) is 2.54. The Kier molecular flexibility index (Phi) is 7.01. The second kappa shape index (κ2) is 8.78. The Labute approximate surface area is 155 Å². The summed E-state index contributed by atoms with van der Waals surface area (Å²) >= 11 is 7.62. The number of hydrogen-bond acceptors (Lipinski definition) is 4. The largest absolute Gasteiger partial charge is 0.364 e. The van der Waals surface area contributed by atoms with Crippen LogP contribution >= 0.6 is 35.3 Å². The number of benzene rings is 1. The van der Waals surface area contributed by atoms with Crippen LogP contribution in [0.1, 0.15) is 18.4 Å². The molecule has 1 aromatic carbocycles. The maximum absolute atomic E-state index is 12.3. The molecule has 1 aliphatic heterocycles. The fourth-order valence-corrected chi connectivity index (χ4v) is 3.47. The molecule has 8 heteroatoms. The lowest BCUT2D eigenvalue weighted by atomic mass is 10.2. The second-order valence-corrected chi connectivity index (χ2v) is 6.69. The van der Waals surface area contributed by atoms with Gasteiger partial charge in [-0.2, -0.15) is 4.99 Å². The quantitative estimate of drug-likeness (QED) is 0.876. The zero-order chi connectivity index (χ0) is 16.2. The summed E-state index contributed by atoms with van der Waals surface area (Å²) in [6.45, 7) is 1.02. The standard InChI is InChI=1S/C16H18ClN3O2S.ClH/c17-13-4-2-1-3-11(13)10-20-7-8-23-16(20)19-15(21)14-6-5-12(9-18)22-14;/h1-4,7-8,12,14H,5-6,9-10,18H2;1H/t12-,14+;/m1./s1. The summed E-state index contributed by atoms with van der Waals surface area (Å²) in [5.41, 5.74) is 6.56. The lowest BCUT2D eigenvalue weighted by Gasteiger charge is -2.08. The Morgan fingerprint density at radius 1 is 1.42 bits per heavy atom. The van der Waals surface area contributed by atoms with Gasteiger partial charge in [-0.15, -0.1) is 23.7 Å². The summed E-state index contributed by atoms with van der Waals surface area (Å²) in [5.74, 6) is -0.240. The molecule has 2 aromatic rings. The fraction of sp³-hybridized carbons (Fsp3) is 0.375. The van der Waals surface area contributed by atoms with E-state index in [1.54, 1.807) is 0 Å². The van der Waals surface area contributed by atoms with E-state index < -0.39 is 6.10 Å². The molecular weight excluding hydrogens is 369 g/mol. The van der Waals surface area contributed by atoms with Crippen LogP contribution in [0.3, 0.4) is 0 Å². The first-order valence-corrected chi connectivity index (χ1v) is 8.74. The van der Waals surface area contributed by atoms with Crippen molar-refractivity contribution in [2.75, 3.05) is 6.54 Å². The molecule has 24 heavy (non-hydrogen) atoms. The number of aromatic nitrogens is 1. The molecule has 0 radical (unpaired) electrons. The van der Waals surface area contributed by atoms with Gasteiger partial charge in [0.15, 0.2) is 4.80 Å². The summed E-state index contributed by atoms with van der Waals surface area (Å²) in [5, 5.41) is 2.61. The number of thiazole rings is 1. The molecule has 0 unspecified atom stereocenters. The lowest BCUT2D eigenvalue weighted by Crippen LogP contribution is -2.26. The van der Waals surface area contributed by atoms with Crippen molar-refractivity contribution in [2.45, 2.75) is 31.6 Å². The van der Waals surface area contributed by atoms with Gasteiger partial charge in [0.2, 0.25) is 0 Å². The summed E-state index contributed by atoms with van der Waals surface area (Å²) in [6.07, 6.45) is 2.89. The molecule has 1 aliphatic rings. The predicted molar refractivity (Wildman–Crippen MR) is 97.6 cm³/mol. The molecule has 5 nitrogen and oxygen atoms in total. The molecule has 2 atom stereocenters. The SMILES string of the molecule is Cl.NC[C@H]1CC[C@@H](C(=O)N=c2sccn2Cc2ccccc2Cl)O1. The van der Waals surface area contributed by atoms with Crippen LogP contribution in [-0.4, -0.2) is 29.2 Å². The van der Waals surface area contributed by atoms with Crippen molar-refractivity contribution in [3.05, 3.63) is 51.2 Å². The Bertz CT molecular complexity index is 760. The van der Waals surface area contributed by atoms with Crippen LogP contribution in [0.15, 0.2) is 40.8 Å². The Morgan fingerprint density at radius 2 is 2.21 bits per heavy atom. The third kappa shape index (κ3) is 4.46. The third-order valence-corrected chi connectivity index (χ3v) is 4.97. The summed E-state index contributed by atoms with van der Waals surface area (Å²) < 4.78 is 7.52. The van der Waals surface area contributed by atoms with Gasteiger partial charge in [-0.1, -0.05) is 29.8 Å². The van der Waals surface area contributed by atoms with Crippen molar-refractivity contribution >= 4 is 41.3 Å². The van der Waals surface area contributed by atoms with Gasteiger partial charge in [-0.25, -0.2) is 0 Å². The zero-order valence-corrected chi connectivity index (χ0v) is 15.3. The van der Waals surface area contributed by atoms with Gasteiger partial charge in [0.05, 0.1) is 12.6 Å². The van der Waals surface area contributed by atoms with Crippen LogP contribution in [0, 0.1) is 0 Å². The number of halogens is 2. The number of ether oxygens (including phenoxy) is 1. The van der Waals surface area contributed by atoms with Gasteiger partial charge in [-0.3, -0.25) is 4.79 Å². The first-order chi connectivity index (χ1) is 11.2. The van der Waals surface area contributed by atoms with E-state index in [0.29, 0.717) is 29.3 Å². The average molecular weight is 388 g/mol. The van der Waals surface area contributed by atoms with E-state index in [1.807, 2.05) is 40.4 Å². The van der Waals surface area contributed by atoms with Crippen LogP contribution in [0.4, 0.5) is 0 Å². The lowest BCUT2D eigenvalue weighted by molar-refractivity contribution is -0.128. The number of amides is 1. The van der Waals surface area contributed by atoms with E-state index in [2.05, 4.69) is 4.99 Å². The first kappa shape index (κ1) is 19.1. The number of rotatable bonds is 4. The molecule has 3 rings (SSSR count). The third-order valence-electron chi connectivity index (χ3n) is 3.81. The maximum atomic E-state index is 12.3. The van der Waals surface area contributed by atoms with Crippen molar-refractivity contribution in [1.29, 1.82) is 0 Å². The van der Waals surface area contributed by atoms with Gasteiger partial charge >= 0.3 is 0 Å². The zero-order valence-electron chi connectivity index (χ0n) is 12.9. The van der Waals surface area contributed by atoms with Crippen LogP contribution in [0.2, 0.25) is 5.02 Å².